The Labute approximate surface area is 129 Å². The van der Waals surface area contributed by atoms with Crippen LogP contribution in [0.15, 0.2) is 23.1 Å². The zero-order valence-corrected chi connectivity index (χ0v) is 13.6. The van der Waals surface area contributed by atoms with Gasteiger partial charge in [0.05, 0.1) is 17.6 Å². The van der Waals surface area contributed by atoms with Crippen molar-refractivity contribution in [2.45, 2.75) is 37.1 Å². The van der Waals surface area contributed by atoms with Gasteiger partial charge in [0.2, 0.25) is 0 Å². The fraction of sp³-hybridized carbons (Fsp3) is 0.500. The molecule has 2 rings (SSSR count). The second-order valence-electron chi connectivity index (χ2n) is 5.00. The number of methoxy groups -OCH3 is 1. The molecule has 1 aliphatic rings. The first-order valence-electron chi connectivity index (χ1n) is 6.82. The Bertz CT molecular complexity index is 644. The molecule has 1 amide bonds. The van der Waals surface area contributed by atoms with Gasteiger partial charge in [-0.3, -0.25) is 4.79 Å². The predicted octanol–water partition coefficient (Wildman–Crippen LogP) is 2.64. The first-order valence-corrected chi connectivity index (χ1v) is 9.13. The summed E-state index contributed by atoms with van der Waals surface area (Å²) < 4.78 is 28.1. The number of halogens is 1. The van der Waals surface area contributed by atoms with Gasteiger partial charge >= 0.3 is 0 Å². The third kappa shape index (κ3) is 3.32. The number of rotatable bonds is 4. The number of nitrogens with zero attached hydrogens (tertiary/aromatic N) is 1. The molecule has 0 aromatic heterocycles. The van der Waals surface area contributed by atoms with E-state index in [1.807, 2.05) is 6.92 Å². The molecule has 21 heavy (non-hydrogen) atoms. The number of hydrogen-bond acceptors (Lipinski definition) is 4. The predicted molar refractivity (Wildman–Crippen MR) is 80.4 cm³/mol. The van der Waals surface area contributed by atoms with Crippen LogP contribution in [0.2, 0.25) is 0 Å². The Kier molecular flexibility index (Phi) is 4.78. The number of likely N-dealkylation sites (tertiary alicyclic amines) is 1. The van der Waals surface area contributed by atoms with Crippen LogP contribution < -0.4 is 4.74 Å². The van der Waals surface area contributed by atoms with Crippen molar-refractivity contribution in [3.8, 4) is 5.75 Å². The fourth-order valence-electron chi connectivity index (χ4n) is 2.69. The summed E-state index contributed by atoms with van der Waals surface area (Å²) in [7, 11) is 2.92. The molecule has 1 aromatic rings. The molecule has 5 nitrogen and oxygen atoms in total. The number of carbonyl (C=O) groups is 1. The van der Waals surface area contributed by atoms with Crippen molar-refractivity contribution in [3.63, 3.8) is 0 Å². The highest BCUT2D eigenvalue weighted by Crippen LogP contribution is 2.29. The molecule has 1 aliphatic heterocycles. The van der Waals surface area contributed by atoms with E-state index < -0.39 is 9.05 Å². The molecule has 0 bridgehead atoms. The largest absolute Gasteiger partial charge is 0.496 e. The lowest BCUT2D eigenvalue weighted by Gasteiger charge is -2.24. The number of carbonyl (C=O) groups excluding carboxylic acids is 1. The van der Waals surface area contributed by atoms with Crippen molar-refractivity contribution in [1.82, 2.24) is 4.90 Å². The third-order valence-corrected chi connectivity index (χ3v) is 5.14. The van der Waals surface area contributed by atoms with Crippen LogP contribution >= 0.6 is 10.7 Å². The van der Waals surface area contributed by atoms with Gasteiger partial charge in [0.25, 0.3) is 15.0 Å². The fourth-order valence-corrected chi connectivity index (χ4v) is 3.47. The summed E-state index contributed by atoms with van der Waals surface area (Å²) in [6, 6.07) is 4.27. The maximum absolute atomic E-state index is 12.7. The molecular weight excluding hydrogens is 314 g/mol. The zero-order valence-electron chi connectivity index (χ0n) is 12.0. The van der Waals surface area contributed by atoms with Gasteiger partial charge in [-0.1, -0.05) is 6.92 Å². The average molecular weight is 332 g/mol. The summed E-state index contributed by atoms with van der Waals surface area (Å²) in [6.45, 7) is 2.71. The molecule has 0 spiro atoms. The van der Waals surface area contributed by atoms with Crippen molar-refractivity contribution in [2.75, 3.05) is 13.7 Å². The minimum absolute atomic E-state index is 0.0967. The first kappa shape index (κ1) is 16.1. The van der Waals surface area contributed by atoms with Gasteiger partial charge in [0.1, 0.15) is 5.75 Å². The standard InChI is InChI=1S/C14H18ClNO4S/c1-3-10-5-4-8-16(10)14(17)12-9-11(21(15,18)19)6-7-13(12)20-2/h6-7,9-10H,3-5,8H2,1-2H3. The van der Waals surface area contributed by atoms with Crippen LogP contribution in [-0.2, 0) is 9.05 Å². The van der Waals surface area contributed by atoms with E-state index in [4.69, 9.17) is 15.4 Å². The normalized spacial score (nSPS) is 18.8. The molecular formula is C14H18ClNO4S. The smallest absolute Gasteiger partial charge is 0.261 e. The number of hydrogen-bond donors (Lipinski definition) is 0. The summed E-state index contributed by atoms with van der Waals surface area (Å²) in [4.78, 5) is 14.4. The van der Waals surface area contributed by atoms with Gasteiger partial charge in [-0.05, 0) is 37.5 Å². The van der Waals surface area contributed by atoms with E-state index in [0.717, 1.165) is 19.3 Å². The minimum atomic E-state index is -3.88. The van der Waals surface area contributed by atoms with E-state index in [9.17, 15) is 13.2 Å². The molecule has 0 radical (unpaired) electrons. The summed E-state index contributed by atoms with van der Waals surface area (Å²) in [5.74, 6) is 0.143. The molecule has 1 heterocycles. The van der Waals surface area contributed by atoms with Crippen LogP contribution in [-0.4, -0.2) is 38.9 Å². The molecule has 7 heteroatoms. The Morgan fingerprint density at radius 3 is 2.76 bits per heavy atom. The Morgan fingerprint density at radius 1 is 1.48 bits per heavy atom. The van der Waals surface area contributed by atoms with Crippen molar-refractivity contribution >= 4 is 25.6 Å². The summed E-state index contributed by atoms with van der Waals surface area (Å²) in [6.07, 6.45) is 2.81. The van der Waals surface area contributed by atoms with E-state index in [0.29, 0.717) is 12.3 Å². The van der Waals surface area contributed by atoms with Gasteiger partial charge < -0.3 is 9.64 Å². The van der Waals surface area contributed by atoms with E-state index in [-0.39, 0.29) is 22.4 Å². The zero-order chi connectivity index (χ0) is 15.6. The highest BCUT2D eigenvalue weighted by atomic mass is 35.7. The summed E-state index contributed by atoms with van der Waals surface area (Å²) in [5.41, 5.74) is 0.236. The molecule has 1 atom stereocenters. The topological polar surface area (TPSA) is 63.7 Å². The molecule has 1 fully saturated rings. The Hall–Kier alpha value is -1.27. The Morgan fingerprint density at radius 2 is 2.19 bits per heavy atom. The maximum Gasteiger partial charge on any atom is 0.261 e. The van der Waals surface area contributed by atoms with Gasteiger partial charge in [0.15, 0.2) is 0 Å². The molecule has 0 saturated carbocycles. The lowest BCUT2D eigenvalue weighted by atomic mass is 10.1. The van der Waals surface area contributed by atoms with Crippen LogP contribution in [0.4, 0.5) is 0 Å². The molecule has 1 unspecified atom stereocenters. The first-order chi connectivity index (χ1) is 9.88. The molecule has 0 aliphatic carbocycles. The minimum Gasteiger partial charge on any atom is -0.496 e. The summed E-state index contributed by atoms with van der Waals surface area (Å²) >= 11 is 0. The molecule has 116 valence electrons. The highest BCUT2D eigenvalue weighted by Gasteiger charge is 2.30. The lowest BCUT2D eigenvalue weighted by Crippen LogP contribution is -2.35. The molecule has 1 saturated heterocycles. The SMILES string of the molecule is CCC1CCCN1C(=O)c1cc(S(=O)(=O)Cl)ccc1OC. The van der Waals surface area contributed by atoms with Gasteiger partial charge in [-0.2, -0.15) is 0 Å². The Balaban J connectivity index is 2.43. The van der Waals surface area contributed by atoms with Crippen molar-refractivity contribution in [3.05, 3.63) is 23.8 Å². The van der Waals surface area contributed by atoms with Crippen LogP contribution in [0.1, 0.15) is 36.5 Å². The monoisotopic (exact) mass is 331 g/mol. The highest BCUT2D eigenvalue weighted by molar-refractivity contribution is 8.13. The second-order valence-corrected chi connectivity index (χ2v) is 7.57. The number of ether oxygens (including phenoxy) is 1. The van der Waals surface area contributed by atoms with Crippen LogP contribution in [0.5, 0.6) is 5.75 Å². The molecule has 1 aromatic carbocycles. The lowest BCUT2D eigenvalue weighted by molar-refractivity contribution is 0.0730. The van der Waals surface area contributed by atoms with E-state index in [1.165, 1.54) is 25.3 Å². The van der Waals surface area contributed by atoms with E-state index >= 15 is 0 Å². The number of amides is 1. The van der Waals surface area contributed by atoms with Crippen molar-refractivity contribution in [1.29, 1.82) is 0 Å². The van der Waals surface area contributed by atoms with Gasteiger partial charge in [0, 0.05) is 23.3 Å². The van der Waals surface area contributed by atoms with Crippen molar-refractivity contribution < 1.29 is 17.9 Å². The van der Waals surface area contributed by atoms with Crippen LogP contribution in [0.25, 0.3) is 0 Å². The quantitative estimate of drug-likeness (QED) is 0.796. The third-order valence-electron chi connectivity index (χ3n) is 3.79. The maximum atomic E-state index is 12.7. The van der Waals surface area contributed by atoms with Crippen LogP contribution in [0.3, 0.4) is 0 Å². The second kappa shape index (κ2) is 6.23. The van der Waals surface area contributed by atoms with E-state index in [2.05, 4.69) is 0 Å². The molecule has 0 N–H and O–H groups in total. The van der Waals surface area contributed by atoms with E-state index in [1.54, 1.807) is 4.90 Å². The number of benzene rings is 1. The van der Waals surface area contributed by atoms with Gasteiger partial charge in [-0.15, -0.1) is 0 Å². The van der Waals surface area contributed by atoms with Crippen molar-refractivity contribution in [2.24, 2.45) is 0 Å². The van der Waals surface area contributed by atoms with Gasteiger partial charge in [-0.25, -0.2) is 8.42 Å². The summed E-state index contributed by atoms with van der Waals surface area (Å²) in [5, 5.41) is 0. The van der Waals surface area contributed by atoms with Crippen LogP contribution in [0, 0.1) is 0 Å². The average Bonchev–Trinajstić information content (AvgIpc) is 2.93.